The van der Waals surface area contributed by atoms with Crippen molar-refractivity contribution in [1.29, 1.82) is 0 Å². The molecule has 0 amide bonds. The Morgan fingerprint density at radius 2 is 1.30 bits per heavy atom. The van der Waals surface area contributed by atoms with Gasteiger partial charge in [-0.2, -0.15) is 0 Å². The first-order valence-corrected chi connectivity index (χ1v) is 10.8. The van der Waals surface area contributed by atoms with Gasteiger partial charge in [0.05, 0.1) is 5.41 Å². The van der Waals surface area contributed by atoms with E-state index in [1.807, 2.05) is 0 Å². The summed E-state index contributed by atoms with van der Waals surface area (Å²) in [6, 6.07) is 22.6. The van der Waals surface area contributed by atoms with E-state index in [-0.39, 0.29) is 5.41 Å². The van der Waals surface area contributed by atoms with E-state index >= 15 is 0 Å². The van der Waals surface area contributed by atoms with Crippen molar-refractivity contribution in [3.63, 3.8) is 0 Å². The third-order valence-electron chi connectivity index (χ3n) is 6.48. The second-order valence-electron chi connectivity index (χ2n) is 7.60. The van der Waals surface area contributed by atoms with Gasteiger partial charge in [0.25, 0.3) is 0 Å². The maximum Gasteiger partial charge on any atom is 0.0538 e. The van der Waals surface area contributed by atoms with Crippen LogP contribution in [-0.4, -0.2) is 0 Å². The Kier molecular flexibility index (Phi) is 3.31. The Hall–Kier alpha value is -1.90. The zero-order valence-electron chi connectivity index (χ0n) is 14.5. The maximum atomic E-state index is 3.74. The molecular weight excluding hydrogens is 460 g/mol. The summed E-state index contributed by atoms with van der Waals surface area (Å²) in [4.78, 5) is 0. The molecule has 0 heterocycles. The molecule has 0 saturated carbocycles. The number of hydrogen-bond acceptors (Lipinski definition) is 0. The zero-order chi connectivity index (χ0) is 18.2. The van der Waals surface area contributed by atoms with Crippen LogP contribution in [0.3, 0.4) is 0 Å². The minimum atomic E-state index is -0.138. The minimum Gasteiger partial charge on any atom is -0.0789 e. The van der Waals surface area contributed by atoms with E-state index < -0.39 is 0 Å². The van der Waals surface area contributed by atoms with Crippen LogP contribution in [0.25, 0.3) is 11.1 Å². The summed E-state index contributed by atoms with van der Waals surface area (Å²) in [6.45, 7) is 0. The first-order chi connectivity index (χ1) is 13.2. The van der Waals surface area contributed by atoms with Crippen LogP contribution in [0, 0.1) is 5.92 Å². The van der Waals surface area contributed by atoms with Crippen LogP contribution in [0.5, 0.6) is 0 Å². The fraction of sp³-hybridized carbons (Fsp3) is 0.120. The third-order valence-corrected chi connectivity index (χ3v) is 7.47. The summed E-state index contributed by atoms with van der Waals surface area (Å²) >= 11 is 7.48. The molecule has 6 rings (SSSR count). The molecule has 2 atom stereocenters. The first-order valence-electron chi connectivity index (χ1n) is 9.26. The lowest BCUT2D eigenvalue weighted by atomic mass is 9.65. The third kappa shape index (κ3) is 1.93. The largest absolute Gasteiger partial charge is 0.0789 e. The van der Waals surface area contributed by atoms with Gasteiger partial charge < -0.3 is 0 Å². The number of allylic oxidation sites excluding steroid dienone is 4. The van der Waals surface area contributed by atoms with Crippen molar-refractivity contribution < 1.29 is 0 Å². The van der Waals surface area contributed by atoms with E-state index in [2.05, 4.69) is 117 Å². The molecule has 3 aliphatic rings. The summed E-state index contributed by atoms with van der Waals surface area (Å²) in [5, 5.41) is 0. The second-order valence-corrected chi connectivity index (χ2v) is 9.43. The van der Waals surface area contributed by atoms with E-state index in [9.17, 15) is 0 Å². The Balaban J connectivity index is 1.81. The molecular formula is C25H16Br2. The molecule has 3 aromatic rings. The number of fused-ring (bicyclic) bond motifs is 10. The predicted molar refractivity (Wildman–Crippen MR) is 118 cm³/mol. The van der Waals surface area contributed by atoms with Crippen molar-refractivity contribution >= 4 is 31.9 Å². The molecule has 130 valence electrons. The number of benzene rings is 3. The zero-order valence-corrected chi connectivity index (χ0v) is 17.7. The van der Waals surface area contributed by atoms with Gasteiger partial charge in [-0.1, -0.05) is 92.6 Å². The fourth-order valence-electron chi connectivity index (χ4n) is 5.59. The lowest BCUT2D eigenvalue weighted by Gasteiger charge is -2.36. The van der Waals surface area contributed by atoms with Gasteiger partial charge in [0.15, 0.2) is 0 Å². The molecule has 0 nitrogen and oxygen atoms in total. The number of hydrogen-bond donors (Lipinski definition) is 0. The summed E-state index contributed by atoms with van der Waals surface area (Å²) in [6.07, 6.45) is 9.23. The van der Waals surface area contributed by atoms with E-state index in [0.29, 0.717) is 11.8 Å². The lowest BCUT2D eigenvalue weighted by molar-refractivity contribution is 0.465. The van der Waals surface area contributed by atoms with Crippen molar-refractivity contribution in [2.24, 2.45) is 5.92 Å². The van der Waals surface area contributed by atoms with Gasteiger partial charge >= 0.3 is 0 Å². The molecule has 3 aliphatic carbocycles. The van der Waals surface area contributed by atoms with Gasteiger partial charge in [-0.05, 0) is 57.6 Å². The van der Waals surface area contributed by atoms with Crippen LogP contribution < -0.4 is 0 Å². The van der Waals surface area contributed by atoms with Crippen LogP contribution in [0.15, 0.2) is 93.9 Å². The Morgan fingerprint density at radius 3 is 2.00 bits per heavy atom. The van der Waals surface area contributed by atoms with Gasteiger partial charge in [-0.15, -0.1) is 0 Å². The number of rotatable bonds is 0. The highest BCUT2D eigenvalue weighted by Gasteiger charge is 2.56. The highest BCUT2D eigenvalue weighted by molar-refractivity contribution is 9.10. The first kappa shape index (κ1) is 16.1. The standard InChI is InChI=1S/C25H16Br2/c26-15-9-11-19-20-12-10-16(27)14-24(20)25(23(19)13-15)21-7-3-1-5-17(21)18-6-2-4-8-22(18)25/h1-14,17,21H. The highest BCUT2D eigenvalue weighted by Crippen LogP contribution is 2.65. The van der Waals surface area contributed by atoms with E-state index in [1.54, 1.807) is 0 Å². The van der Waals surface area contributed by atoms with Crippen LogP contribution in [-0.2, 0) is 5.41 Å². The molecule has 0 N–H and O–H groups in total. The monoisotopic (exact) mass is 474 g/mol. The topological polar surface area (TPSA) is 0 Å². The molecule has 0 aliphatic heterocycles. The average Bonchev–Trinajstić information content (AvgIpc) is 3.14. The Labute approximate surface area is 175 Å². The van der Waals surface area contributed by atoms with Gasteiger partial charge in [0.1, 0.15) is 0 Å². The van der Waals surface area contributed by atoms with Gasteiger partial charge in [0.2, 0.25) is 0 Å². The van der Waals surface area contributed by atoms with Crippen molar-refractivity contribution in [2.45, 2.75) is 11.3 Å². The summed E-state index contributed by atoms with van der Waals surface area (Å²) in [5.41, 5.74) is 8.34. The highest BCUT2D eigenvalue weighted by atomic mass is 79.9. The van der Waals surface area contributed by atoms with Gasteiger partial charge in [0, 0.05) is 20.8 Å². The van der Waals surface area contributed by atoms with Crippen LogP contribution in [0.4, 0.5) is 0 Å². The lowest BCUT2D eigenvalue weighted by Crippen LogP contribution is -2.33. The molecule has 0 fully saturated rings. The molecule has 0 saturated heterocycles. The Morgan fingerprint density at radius 1 is 0.667 bits per heavy atom. The van der Waals surface area contributed by atoms with E-state index in [4.69, 9.17) is 0 Å². The quantitative estimate of drug-likeness (QED) is 0.318. The normalized spacial score (nSPS) is 22.4. The molecule has 2 heteroatoms. The molecule has 1 spiro atoms. The average molecular weight is 476 g/mol. The number of halogens is 2. The van der Waals surface area contributed by atoms with Gasteiger partial charge in [-0.25, -0.2) is 0 Å². The van der Waals surface area contributed by atoms with Gasteiger partial charge in [-0.3, -0.25) is 0 Å². The van der Waals surface area contributed by atoms with Crippen molar-refractivity contribution in [2.75, 3.05) is 0 Å². The molecule has 3 aromatic carbocycles. The molecule has 27 heavy (non-hydrogen) atoms. The second kappa shape index (κ2) is 5.56. The summed E-state index contributed by atoms with van der Waals surface area (Å²) in [5.74, 6) is 0.812. The molecule has 0 aromatic heterocycles. The molecule has 2 unspecified atom stereocenters. The predicted octanol–water partition coefficient (Wildman–Crippen LogP) is 7.37. The van der Waals surface area contributed by atoms with Crippen molar-refractivity contribution in [3.8, 4) is 11.1 Å². The van der Waals surface area contributed by atoms with E-state index in [0.717, 1.165) is 8.95 Å². The molecule has 0 bridgehead atoms. The van der Waals surface area contributed by atoms with Crippen LogP contribution in [0.1, 0.15) is 28.2 Å². The summed E-state index contributed by atoms with van der Waals surface area (Å²) in [7, 11) is 0. The smallest absolute Gasteiger partial charge is 0.0538 e. The van der Waals surface area contributed by atoms with Crippen LogP contribution >= 0.6 is 31.9 Å². The van der Waals surface area contributed by atoms with Crippen molar-refractivity contribution in [3.05, 3.63) is 116 Å². The SMILES string of the molecule is Brc1ccc2c(c1)C1(c3cc(Br)ccc3-2)c2ccccc2C2C=CC=CC21. The van der Waals surface area contributed by atoms with Crippen LogP contribution in [0.2, 0.25) is 0 Å². The minimum absolute atomic E-state index is 0.138. The summed E-state index contributed by atoms with van der Waals surface area (Å²) < 4.78 is 2.28. The maximum absolute atomic E-state index is 3.74. The van der Waals surface area contributed by atoms with Crippen molar-refractivity contribution in [1.82, 2.24) is 0 Å². The van der Waals surface area contributed by atoms with E-state index in [1.165, 1.54) is 33.4 Å². The fourth-order valence-corrected chi connectivity index (χ4v) is 6.32. The Bertz CT molecular complexity index is 1120. The molecule has 0 radical (unpaired) electrons.